The van der Waals surface area contributed by atoms with Crippen molar-refractivity contribution in [3.05, 3.63) is 29.8 Å². The lowest BCUT2D eigenvalue weighted by Gasteiger charge is -2.13. The van der Waals surface area contributed by atoms with E-state index in [9.17, 15) is 9.59 Å². The monoisotopic (exact) mass is 264 g/mol. The second kappa shape index (κ2) is 5.91. The van der Waals surface area contributed by atoms with Crippen molar-refractivity contribution in [3.8, 4) is 0 Å². The molecule has 1 aliphatic rings. The summed E-state index contributed by atoms with van der Waals surface area (Å²) in [6.45, 7) is 3.83. The topological polar surface area (TPSA) is 49.4 Å². The number of thioether (sulfide) groups is 1. The minimum Gasteiger partial charge on any atom is -0.336 e. The fourth-order valence-corrected chi connectivity index (χ4v) is 2.74. The predicted molar refractivity (Wildman–Crippen MR) is 72.1 cm³/mol. The molecule has 1 aromatic carbocycles. The van der Waals surface area contributed by atoms with Crippen LogP contribution in [0.5, 0.6) is 0 Å². The number of hydrogen-bond donors (Lipinski definition) is 1. The van der Waals surface area contributed by atoms with E-state index in [1.165, 1.54) is 0 Å². The van der Waals surface area contributed by atoms with Crippen LogP contribution < -0.4 is 5.32 Å². The maximum Gasteiger partial charge on any atom is 0.317 e. The third-order valence-electron chi connectivity index (χ3n) is 2.82. The van der Waals surface area contributed by atoms with Gasteiger partial charge in [-0.1, -0.05) is 12.1 Å². The van der Waals surface area contributed by atoms with Crippen LogP contribution in [-0.2, 0) is 0 Å². The molecule has 0 saturated carbocycles. The van der Waals surface area contributed by atoms with Crippen LogP contribution in [0.4, 0.5) is 4.79 Å². The van der Waals surface area contributed by atoms with Crippen LogP contribution in [0.25, 0.3) is 0 Å². The zero-order valence-electron chi connectivity index (χ0n) is 10.3. The van der Waals surface area contributed by atoms with Crippen LogP contribution in [0, 0.1) is 0 Å². The Morgan fingerprint density at radius 2 is 2.33 bits per heavy atom. The first kappa shape index (κ1) is 13.0. The van der Waals surface area contributed by atoms with Gasteiger partial charge in [0.25, 0.3) is 0 Å². The molecule has 0 spiro atoms. The molecule has 1 saturated heterocycles. The Hall–Kier alpha value is -1.49. The average molecular weight is 264 g/mol. The smallest absolute Gasteiger partial charge is 0.317 e. The van der Waals surface area contributed by atoms with Gasteiger partial charge in [-0.3, -0.25) is 4.79 Å². The summed E-state index contributed by atoms with van der Waals surface area (Å²) in [5, 5.41) is 2.78. The normalized spacial score (nSPS) is 14.7. The Kier molecular flexibility index (Phi) is 4.25. The summed E-state index contributed by atoms with van der Waals surface area (Å²) in [5.41, 5.74) is 0.735. The maximum atomic E-state index is 11.3. The predicted octanol–water partition coefficient (Wildman–Crippen LogP) is 2.01. The van der Waals surface area contributed by atoms with E-state index in [1.807, 2.05) is 29.2 Å². The number of benzene rings is 1. The van der Waals surface area contributed by atoms with Crippen molar-refractivity contribution in [2.45, 2.75) is 11.8 Å². The molecule has 1 fully saturated rings. The molecule has 0 atom stereocenters. The molecule has 1 aromatic rings. The van der Waals surface area contributed by atoms with Crippen LogP contribution in [-0.4, -0.2) is 42.1 Å². The summed E-state index contributed by atoms with van der Waals surface area (Å²) < 4.78 is 0. The summed E-state index contributed by atoms with van der Waals surface area (Å²) in [6, 6.07) is 7.62. The van der Waals surface area contributed by atoms with E-state index in [1.54, 1.807) is 18.7 Å². The molecule has 4 nitrogen and oxygen atoms in total. The standard InChI is InChI=1S/C13H16N2O2S/c1-10(16)11-3-2-4-12(9-11)18-8-7-15-6-5-14-13(15)17/h2-4,9H,5-8H2,1H3,(H,14,17). The van der Waals surface area contributed by atoms with Gasteiger partial charge in [-0.2, -0.15) is 0 Å². The van der Waals surface area contributed by atoms with Crippen molar-refractivity contribution in [2.75, 3.05) is 25.4 Å². The fraction of sp³-hybridized carbons (Fsp3) is 0.385. The van der Waals surface area contributed by atoms with E-state index in [-0.39, 0.29) is 11.8 Å². The van der Waals surface area contributed by atoms with Crippen molar-refractivity contribution in [2.24, 2.45) is 0 Å². The largest absolute Gasteiger partial charge is 0.336 e. The Morgan fingerprint density at radius 3 is 3.00 bits per heavy atom. The molecule has 0 bridgehead atoms. The summed E-state index contributed by atoms with van der Waals surface area (Å²) in [6.07, 6.45) is 0. The van der Waals surface area contributed by atoms with Crippen molar-refractivity contribution < 1.29 is 9.59 Å². The van der Waals surface area contributed by atoms with Gasteiger partial charge in [0.2, 0.25) is 0 Å². The fourth-order valence-electron chi connectivity index (χ4n) is 1.80. The number of rotatable bonds is 5. The van der Waals surface area contributed by atoms with Crippen LogP contribution in [0.3, 0.4) is 0 Å². The number of ketones is 1. The molecule has 0 aliphatic carbocycles. The van der Waals surface area contributed by atoms with Crippen LogP contribution in [0.15, 0.2) is 29.2 Å². The van der Waals surface area contributed by atoms with E-state index in [0.717, 1.165) is 35.8 Å². The van der Waals surface area contributed by atoms with Gasteiger partial charge in [0.05, 0.1) is 0 Å². The minimum absolute atomic E-state index is 0.0214. The van der Waals surface area contributed by atoms with Crippen molar-refractivity contribution in [1.29, 1.82) is 0 Å². The number of urea groups is 1. The first-order chi connectivity index (χ1) is 8.66. The zero-order chi connectivity index (χ0) is 13.0. The van der Waals surface area contributed by atoms with Crippen LogP contribution >= 0.6 is 11.8 Å². The second-order valence-electron chi connectivity index (χ2n) is 4.15. The molecule has 1 heterocycles. The summed E-state index contributed by atoms with van der Waals surface area (Å²) in [5.74, 6) is 0.922. The van der Waals surface area contributed by atoms with Crippen LogP contribution in [0.2, 0.25) is 0 Å². The van der Waals surface area contributed by atoms with Gasteiger partial charge < -0.3 is 10.2 Å². The quantitative estimate of drug-likeness (QED) is 0.653. The number of carbonyl (C=O) groups is 2. The van der Waals surface area contributed by atoms with E-state index in [2.05, 4.69) is 5.32 Å². The Labute approximate surface area is 111 Å². The summed E-state index contributed by atoms with van der Waals surface area (Å²) >= 11 is 1.67. The van der Waals surface area contributed by atoms with Gasteiger partial charge >= 0.3 is 6.03 Å². The zero-order valence-corrected chi connectivity index (χ0v) is 11.1. The van der Waals surface area contributed by atoms with Crippen molar-refractivity contribution in [1.82, 2.24) is 10.2 Å². The number of Topliss-reactive ketones (excluding diaryl/α,β-unsaturated/α-hetero) is 1. The first-order valence-electron chi connectivity index (χ1n) is 5.93. The lowest BCUT2D eigenvalue weighted by Crippen LogP contribution is -2.30. The molecule has 5 heteroatoms. The number of nitrogens with zero attached hydrogens (tertiary/aromatic N) is 1. The Balaban J connectivity index is 1.84. The SMILES string of the molecule is CC(=O)c1cccc(SCCN2CCNC2=O)c1. The highest BCUT2D eigenvalue weighted by Gasteiger charge is 2.18. The Morgan fingerprint density at radius 1 is 1.50 bits per heavy atom. The van der Waals surface area contributed by atoms with Gasteiger partial charge in [-0.15, -0.1) is 11.8 Å². The lowest BCUT2D eigenvalue weighted by molar-refractivity contribution is 0.101. The minimum atomic E-state index is 0.0214. The molecule has 2 rings (SSSR count). The first-order valence-corrected chi connectivity index (χ1v) is 6.92. The average Bonchev–Trinajstić information content (AvgIpc) is 2.76. The van der Waals surface area contributed by atoms with Crippen LogP contribution in [0.1, 0.15) is 17.3 Å². The summed E-state index contributed by atoms with van der Waals surface area (Å²) in [4.78, 5) is 25.5. The molecule has 0 radical (unpaired) electrons. The lowest BCUT2D eigenvalue weighted by atomic mass is 10.2. The number of nitrogens with one attached hydrogen (secondary N) is 1. The van der Waals surface area contributed by atoms with Crippen molar-refractivity contribution in [3.63, 3.8) is 0 Å². The molecule has 2 amide bonds. The molecule has 1 N–H and O–H groups in total. The number of hydrogen-bond acceptors (Lipinski definition) is 3. The van der Waals surface area contributed by atoms with E-state index in [4.69, 9.17) is 0 Å². The second-order valence-corrected chi connectivity index (χ2v) is 5.32. The van der Waals surface area contributed by atoms with Gasteiger partial charge in [0, 0.05) is 35.8 Å². The highest BCUT2D eigenvalue weighted by Crippen LogP contribution is 2.19. The van der Waals surface area contributed by atoms with Crippen molar-refractivity contribution >= 4 is 23.6 Å². The maximum absolute atomic E-state index is 11.3. The molecule has 0 unspecified atom stereocenters. The van der Waals surface area contributed by atoms with Gasteiger partial charge in [0.1, 0.15) is 0 Å². The third kappa shape index (κ3) is 3.26. The molecule has 0 aromatic heterocycles. The molecule has 1 aliphatic heterocycles. The highest BCUT2D eigenvalue weighted by molar-refractivity contribution is 7.99. The van der Waals surface area contributed by atoms with Gasteiger partial charge in [-0.25, -0.2) is 4.79 Å². The molecule has 18 heavy (non-hydrogen) atoms. The molecular weight excluding hydrogens is 248 g/mol. The highest BCUT2D eigenvalue weighted by atomic mass is 32.2. The van der Waals surface area contributed by atoms with E-state index >= 15 is 0 Å². The van der Waals surface area contributed by atoms with E-state index < -0.39 is 0 Å². The van der Waals surface area contributed by atoms with Gasteiger partial charge in [-0.05, 0) is 19.1 Å². The van der Waals surface area contributed by atoms with E-state index in [0.29, 0.717) is 0 Å². The molecular formula is C13H16N2O2S. The third-order valence-corrected chi connectivity index (χ3v) is 3.79. The van der Waals surface area contributed by atoms with Gasteiger partial charge in [0.15, 0.2) is 5.78 Å². The Bertz CT molecular complexity index is 462. The number of carbonyl (C=O) groups excluding carboxylic acids is 2. The number of amides is 2. The summed E-state index contributed by atoms with van der Waals surface area (Å²) in [7, 11) is 0. The molecule has 96 valence electrons.